The molecule has 2 N–H and O–H groups in total. The molecule has 0 saturated heterocycles. The number of carbonyl (C=O) groups excluding carboxylic acids is 2. The van der Waals surface area contributed by atoms with Gasteiger partial charge >= 0.3 is 0 Å². The number of hydrogen-bond acceptors (Lipinski definition) is 5. The maximum absolute atomic E-state index is 12.8. The predicted molar refractivity (Wildman–Crippen MR) is 130 cm³/mol. The molecule has 6 nitrogen and oxygen atoms in total. The van der Waals surface area contributed by atoms with Gasteiger partial charge in [-0.05, 0) is 44.2 Å². The number of amides is 2. The summed E-state index contributed by atoms with van der Waals surface area (Å²) in [5.41, 5.74) is 1.60. The quantitative estimate of drug-likeness (QED) is 0.532. The molecule has 1 heterocycles. The van der Waals surface area contributed by atoms with Gasteiger partial charge in [0.2, 0.25) is 5.91 Å². The Morgan fingerprint density at radius 2 is 1.67 bits per heavy atom. The summed E-state index contributed by atoms with van der Waals surface area (Å²) in [6, 6.07) is 7.83. The first kappa shape index (κ1) is 23.7. The Balaban J connectivity index is 1.26. The summed E-state index contributed by atoms with van der Waals surface area (Å²) in [5, 5.41) is 8.88. The highest BCUT2D eigenvalue weighted by Crippen LogP contribution is 2.28. The van der Waals surface area contributed by atoms with Gasteiger partial charge in [-0.3, -0.25) is 9.59 Å². The van der Waals surface area contributed by atoms with Gasteiger partial charge in [-0.15, -0.1) is 11.3 Å². The Bertz CT molecular complexity index is 921. The van der Waals surface area contributed by atoms with Crippen molar-refractivity contribution in [1.82, 2.24) is 15.6 Å². The largest absolute Gasteiger partial charge is 0.486 e. The topological polar surface area (TPSA) is 80.3 Å². The molecule has 0 aliphatic heterocycles. The van der Waals surface area contributed by atoms with Crippen LogP contribution < -0.4 is 15.4 Å². The maximum Gasteiger partial charge on any atom is 0.271 e. The van der Waals surface area contributed by atoms with Crippen LogP contribution in [0.4, 0.5) is 0 Å². The van der Waals surface area contributed by atoms with Gasteiger partial charge in [0.1, 0.15) is 23.1 Å². The van der Waals surface area contributed by atoms with Crippen LogP contribution in [0, 0.1) is 12.8 Å². The Labute approximate surface area is 200 Å². The summed E-state index contributed by atoms with van der Waals surface area (Å²) in [4.78, 5) is 29.8. The molecule has 2 aliphatic rings. The van der Waals surface area contributed by atoms with E-state index in [0.717, 1.165) is 42.9 Å². The minimum absolute atomic E-state index is 0.00162. The Kier molecular flexibility index (Phi) is 8.37. The number of carbonyl (C=O) groups is 2. The van der Waals surface area contributed by atoms with E-state index in [1.54, 1.807) is 5.38 Å². The number of thiazole rings is 1. The van der Waals surface area contributed by atoms with Crippen LogP contribution in [-0.4, -0.2) is 28.9 Å². The maximum atomic E-state index is 12.8. The molecule has 0 radical (unpaired) electrons. The third-order valence-electron chi connectivity index (χ3n) is 6.85. The Morgan fingerprint density at radius 3 is 2.39 bits per heavy atom. The second-order valence-corrected chi connectivity index (χ2v) is 10.4. The zero-order valence-electron chi connectivity index (χ0n) is 19.5. The number of benzene rings is 1. The van der Waals surface area contributed by atoms with Crippen LogP contribution in [0.5, 0.6) is 5.75 Å². The van der Waals surface area contributed by atoms with Crippen LogP contribution in [0.1, 0.15) is 85.3 Å². The average Bonchev–Trinajstić information content (AvgIpc) is 3.51. The van der Waals surface area contributed by atoms with E-state index in [4.69, 9.17) is 4.74 Å². The molecule has 2 fully saturated rings. The van der Waals surface area contributed by atoms with E-state index in [1.807, 2.05) is 31.2 Å². The molecule has 1 aromatic heterocycles. The van der Waals surface area contributed by atoms with Gasteiger partial charge in [-0.1, -0.05) is 56.2 Å². The number of aromatic nitrogens is 1. The Hall–Kier alpha value is -2.41. The monoisotopic (exact) mass is 469 g/mol. The van der Waals surface area contributed by atoms with Crippen molar-refractivity contribution in [2.24, 2.45) is 5.92 Å². The summed E-state index contributed by atoms with van der Waals surface area (Å²) in [7, 11) is 0. The van der Waals surface area contributed by atoms with E-state index < -0.39 is 0 Å². The number of rotatable bonds is 9. The molecule has 7 heteroatoms. The minimum Gasteiger partial charge on any atom is -0.486 e. The highest BCUT2D eigenvalue weighted by molar-refractivity contribution is 7.09. The fourth-order valence-electron chi connectivity index (χ4n) is 4.89. The molecule has 33 heavy (non-hydrogen) atoms. The highest BCUT2D eigenvalue weighted by Gasteiger charge is 2.29. The summed E-state index contributed by atoms with van der Waals surface area (Å²) >= 11 is 1.43. The second kappa shape index (κ2) is 11.6. The summed E-state index contributed by atoms with van der Waals surface area (Å²) in [6.07, 6.45) is 10.7. The minimum atomic E-state index is -0.176. The van der Waals surface area contributed by atoms with Gasteiger partial charge in [0.25, 0.3) is 5.91 Å². The van der Waals surface area contributed by atoms with E-state index in [1.165, 1.54) is 42.6 Å². The second-order valence-electron chi connectivity index (χ2n) is 9.46. The van der Waals surface area contributed by atoms with Crippen molar-refractivity contribution in [1.29, 1.82) is 0 Å². The van der Waals surface area contributed by atoms with Crippen LogP contribution in [0.3, 0.4) is 0 Å². The first-order chi connectivity index (χ1) is 16.1. The van der Waals surface area contributed by atoms with Crippen LogP contribution in [0.15, 0.2) is 29.6 Å². The lowest BCUT2D eigenvalue weighted by atomic mass is 9.90. The third kappa shape index (κ3) is 7.03. The molecule has 0 spiro atoms. The van der Waals surface area contributed by atoms with Crippen molar-refractivity contribution in [3.05, 3.63) is 45.9 Å². The van der Waals surface area contributed by atoms with Gasteiger partial charge in [0.05, 0.1) is 0 Å². The average molecular weight is 470 g/mol. The third-order valence-corrected chi connectivity index (χ3v) is 7.67. The molecule has 2 atom stereocenters. The van der Waals surface area contributed by atoms with Crippen molar-refractivity contribution in [3.63, 3.8) is 0 Å². The molecule has 2 saturated carbocycles. The fourth-order valence-corrected chi connectivity index (χ4v) is 5.58. The first-order valence-electron chi connectivity index (χ1n) is 12.3. The lowest BCUT2D eigenvalue weighted by Crippen LogP contribution is -2.53. The zero-order chi connectivity index (χ0) is 23.0. The standard InChI is InChI=1S/C26H35N3O3S/c1-18-10-13-20(14-11-18)32-16-25-28-23(17-33-25)26(31)29-22-9-5-4-8-21(22)27-24(30)15-12-19-6-2-3-7-19/h10-11,13-14,17,19,21-22H,2-9,12,15-16H2,1H3,(H,27,30)(H,29,31)/t21-,22+/m0/s1. The summed E-state index contributed by atoms with van der Waals surface area (Å²) in [6.45, 7) is 2.37. The number of hydrogen-bond donors (Lipinski definition) is 2. The lowest BCUT2D eigenvalue weighted by Gasteiger charge is -2.32. The molecule has 178 valence electrons. The summed E-state index contributed by atoms with van der Waals surface area (Å²) in [5.74, 6) is 1.45. The van der Waals surface area contributed by atoms with Crippen LogP contribution in [0.2, 0.25) is 0 Å². The SMILES string of the molecule is Cc1ccc(OCc2nc(C(=O)N[C@@H]3CCCC[C@@H]3NC(=O)CCC3CCCC3)cs2)cc1. The fraction of sp³-hybridized carbons (Fsp3) is 0.577. The van der Waals surface area contributed by atoms with E-state index in [0.29, 0.717) is 24.6 Å². The van der Waals surface area contributed by atoms with Gasteiger partial charge in [-0.25, -0.2) is 4.98 Å². The van der Waals surface area contributed by atoms with Gasteiger partial charge < -0.3 is 15.4 Å². The molecular formula is C26H35N3O3S. The number of nitrogens with one attached hydrogen (secondary N) is 2. The van der Waals surface area contributed by atoms with Crippen molar-refractivity contribution < 1.29 is 14.3 Å². The number of aryl methyl sites for hydroxylation is 1. The van der Waals surface area contributed by atoms with Crippen molar-refractivity contribution in [2.45, 2.75) is 89.8 Å². The molecule has 2 aromatic rings. The molecule has 2 amide bonds. The molecule has 4 rings (SSSR count). The number of ether oxygens (including phenoxy) is 1. The van der Waals surface area contributed by atoms with Crippen LogP contribution >= 0.6 is 11.3 Å². The van der Waals surface area contributed by atoms with Gasteiger partial charge in [-0.2, -0.15) is 0 Å². The van der Waals surface area contributed by atoms with Crippen molar-refractivity contribution in [3.8, 4) is 5.75 Å². The predicted octanol–water partition coefficient (Wildman–Crippen LogP) is 5.16. The van der Waals surface area contributed by atoms with Crippen LogP contribution in [0.25, 0.3) is 0 Å². The lowest BCUT2D eigenvalue weighted by molar-refractivity contribution is -0.122. The Morgan fingerprint density at radius 1 is 1.00 bits per heavy atom. The summed E-state index contributed by atoms with van der Waals surface area (Å²) < 4.78 is 5.78. The molecular weight excluding hydrogens is 434 g/mol. The van der Waals surface area contributed by atoms with Crippen molar-refractivity contribution in [2.75, 3.05) is 0 Å². The smallest absolute Gasteiger partial charge is 0.271 e. The van der Waals surface area contributed by atoms with Gasteiger partial charge in [0.15, 0.2) is 0 Å². The highest BCUT2D eigenvalue weighted by atomic mass is 32.1. The van der Waals surface area contributed by atoms with E-state index in [2.05, 4.69) is 15.6 Å². The van der Waals surface area contributed by atoms with E-state index >= 15 is 0 Å². The normalized spacial score (nSPS) is 21.0. The van der Waals surface area contributed by atoms with E-state index in [-0.39, 0.29) is 23.9 Å². The van der Waals surface area contributed by atoms with Crippen LogP contribution in [-0.2, 0) is 11.4 Å². The van der Waals surface area contributed by atoms with Gasteiger partial charge in [0, 0.05) is 23.9 Å². The molecule has 0 bridgehead atoms. The molecule has 2 aliphatic carbocycles. The zero-order valence-corrected chi connectivity index (χ0v) is 20.3. The molecule has 1 aromatic carbocycles. The first-order valence-corrected chi connectivity index (χ1v) is 13.2. The van der Waals surface area contributed by atoms with E-state index in [9.17, 15) is 9.59 Å². The molecule has 0 unspecified atom stereocenters. The van der Waals surface area contributed by atoms with Crippen molar-refractivity contribution >= 4 is 23.2 Å². The number of nitrogens with zero attached hydrogens (tertiary/aromatic N) is 1.